The topological polar surface area (TPSA) is 54.3 Å². The monoisotopic (exact) mass is 286 g/mol. The summed E-state index contributed by atoms with van der Waals surface area (Å²) in [5.74, 6) is 0.0451. The van der Waals surface area contributed by atoms with E-state index in [2.05, 4.69) is 22.0 Å². The fraction of sp³-hybridized carbons (Fsp3) is 0.471. The van der Waals surface area contributed by atoms with E-state index in [1.165, 1.54) is 5.39 Å². The Balaban J connectivity index is 1.65. The summed E-state index contributed by atoms with van der Waals surface area (Å²) in [5.41, 5.74) is 2.36. The third-order valence-electron chi connectivity index (χ3n) is 4.58. The molecule has 0 atom stereocenters. The van der Waals surface area contributed by atoms with E-state index in [1.54, 1.807) is 0 Å². The van der Waals surface area contributed by atoms with Gasteiger partial charge in [0, 0.05) is 24.4 Å². The molecular weight excluding hydrogens is 264 g/mol. The van der Waals surface area contributed by atoms with Gasteiger partial charge in [0.05, 0.1) is 0 Å². The number of aromatic nitrogens is 1. The normalized spacial score (nSPS) is 16.1. The Kier molecular flexibility index (Phi) is 3.72. The third kappa shape index (κ3) is 2.95. The van der Waals surface area contributed by atoms with E-state index >= 15 is 0 Å². The highest BCUT2D eigenvalue weighted by molar-refractivity contribution is 5.84. The second kappa shape index (κ2) is 5.53. The number of aliphatic hydroxyl groups is 1. The summed E-state index contributed by atoms with van der Waals surface area (Å²) in [7, 11) is 0. The molecule has 2 N–H and O–H groups in total. The first-order chi connectivity index (χ1) is 10.1. The van der Waals surface area contributed by atoms with E-state index in [-0.39, 0.29) is 17.9 Å². The molecule has 1 fully saturated rings. The zero-order chi connectivity index (χ0) is 14.9. The molecule has 2 aromatic rings. The molecule has 21 heavy (non-hydrogen) atoms. The summed E-state index contributed by atoms with van der Waals surface area (Å²) in [5, 5.41) is 13.3. The van der Waals surface area contributed by atoms with Crippen LogP contribution in [0.15, 0.2) is 30.3 Å². The van der Waals surface area contributed by atoms with E-state index in [1.807, 2.05) is 25.1 Å². The quantitative estimate of drug-likeness (QED) is 0.855. The number of para-hydroxylation sites is 1. The third-order valence-corrected chi connectivity index (χ3v) is 4.58. The Labute approximate surface area is 124 Å². The van der Waals surface area contributed by atoms with Gasteiger partial charge in [-0.3, -0.25) is 4.79 Å². The summed E-state index contributed by atoms with van der Waals surface area (Å²) in [6, 6.07) is 10.2. The highest BCUT2D eigenvalue weighted by atomic mass is 16.3. The highest BCUT2D eigenvalue weighted by Gasteiger charge is 2.41. The lowest BCUT2D eigenvalue weighted by molar-refractivity contribution is -0.121. The molecular formula is C17H22N2O2. The number of nitrogens with zero attached hydrogens (tertiary/aromatic N) is 1. The summed E-state index contributed by atoms with van der Waals surface area (Å²) in [6.07, 6.45) is 3.01. The predicted molar refractivity (Wildman–Crippen MR) is 83.1 cm³/mol. The van der Waals surface area contributed by atoms with Crippen molar-refractivity contribution < 1.29 is 9.90 Å². The lowest BCUT2D eigenvalue weighted by Gasteiger charge is -2.15. The minimum absolute atomic E-state index is 0.0451. The van der Waals surface area contributed by atoms with Crippen molar-refractivity contribution >= 4 is 16.8 Å². The van der Waals surface area contributed by atoms with Gasteiger partial charge in [-0.1, -0.05) is 18.2 Å². The van der Waals surface area contributed by atoms with Crippen LogP contribution in [0.2, 0.25) is 0 Å². The van der Waals surface area contributed by atoms with E-state index in [9.17, 15) is 4.79 Å². The van der Waals surface area contributed by atoms with Crippen LogP contribution in [0.5, 0.6) is 0 Å². The number of benzene rings is 1. The average molecular weight is 286 g/mol. The molecule has 0 aliphatic heterocycles. The van der Waals surface area contributed by atoms with Crippen molar-refractivity contribution in [2.24, 2.45) is 5.41 Å². The Morgan fingerprint density at radius 3 is 2.86 bits per heavy atom. The van der Waals surface area contributed by atoms with Gasteiger partial charge in [0.1, 0.15) is 6.54 Å². The van der Waals surface area contributed by atoms with Crippen LogP contribution in [0, 0.1) is 12.3 Å². The van der Waals surface area contributed by atoms with E-state index in [4.69, 9.17) is 5.11 Å². The van der Waals surface area contributed by atoms with Crippen molar-refractivity contribution in [2.75, 3.05) is 13.2 Å². The minimum atomic E-state index is 0.0451. The molecule has 4 heteroatoms. The Morgan fingerprint density at radius 2 is 2.14 bits per heavy atom. The molecule has 0 unspecified atom stereocenters. The Hall–Kier alpha value is -1.81. The summed E-state index contributed by atoms with van der Waals surface area (Å²) in [4.78, 5) is 12.2. The molecule has 0 bridgehead atoms. The number of rotatable bonds is 6. The zero-order valence-electron chi connectivity index (χ0n) is 12.4. The second-order valence-electron chi connectivity index (χ2n) is 6.18. The van der Waals surface area contributed by atoms with Gasteiger partial charge < -0.3 is 15.0 Å². The fourth-order valence-electron chi connectivity index (χ4n) is 2.97. The Morgan fingerprint density at radius 1 is 1.38 bits per heavy atom. The smallest absolute Gasteiger partial charge is 0.239 e. The van der Waals surface area contributed by atoms with Crippen molar-refractivity contribution in [1.29, 1.82) is 0 Å². The van der Waals surface area contributed by atoms with Gasteiger partial charge in [-0.2, -0.15) is 0 Å². The lowest BCUT2D eigenvalue weighted by Crippen LogP contribution is -2.33. The standard InChI is InChI=1S/C17H22N2O2/c1-13-10-14-4-2-3-5-15(14)19(13)11-16(21)18-12-17(6-7-17)8-9-20/h2-5,10,20H,6-9,11-12H2,1H3,(H,18,21). The van der Waals surface area contributed by atoms with Crippen molar-refractivity contribution in [2.45, 2.75) is 32.7 Å². The lowest BCUT2D eigenvalue weighted by atomic mass is 10.0. The molecule has 1 aliphatic carbocycles. The van der Waals surface area contributed by atoms with E-state index in [0.29, 0.717) is 13.1 Å². The molecule has 1 aromatic heterocycles. The maximum absolute atomic E-state index is 12.2. The highest BCUT2D eigenvalue weighted by Crippen LogP contribution is 2.47. The summed E-state index contributed by atoms with van der Waals surface area (Å²) < 4.78 is 2.05. The largest absolute Gasteiger partial charge is 0.396 e. The first-order valence-corrected chi connectivity index (χ1v) is 7.56. The molecule has 1 amide bonds. The molecule has 1 saturated carbocycles. The van der Waals surface area contributed by atoms with Crippen LogP contribution in [-0.4, -0.2) is 28.7 Å². The van der Waals surface area contributed by atoms with E-state index < -0.39 is 0 Å². The first kappa shape index (κ1) is 14.1. The van der Waals surface area contributed by atoms with Gasteiger partial charge in [-0.05, 0) is 49.1 Å². The van der Waals surface area contributed by atoms with Gasteiger partial charge in [0.15, 0.2) is 0 Å². The maximum Gasteiger partial charge on any atom is 0.239 e. The number of hydrogen-bond donors (Lipinski definition) is 2. The molecule has 1 aromatic carbocycles. The van der Waals surface area contributed by atoms with Gasteiger partial charge in [-0.25, -0.2) is 0 Å². The van der Waals surface area contributed by atoms with Crippen molar-refractivity contribution in [3.05, 3.63) is 36.0 Å². The van der Waals surface area contributed by atoms with Crippen molar-refractivity contribution in [3.8, 4) is 0 Å². The van der Waals surface area contributed by atoms with Gasteiger partial charge in [0.2, 0.25) is 5.91 Å². The maximum atomic E-state index is 12.2. The van der Waals surface area contributed by atoms with Crippen LogP contribution in [-0.2, 0) is 11.3 Å². The van der Waals surface area contributed by atoms with Crippen LogP contribution in [0.1, 0.15) is 25.0 Å². The van der Waals surface area contributed by atoms with Crippen molar-refractivity contribution in [1.82, 2.24) is 9.88 Å². The zero-order valence-corrected chi connectivity index (χ0v) is 12.4. The summed E-state index contributed by atoms with van der Waals surface area (Å²) >= 11 is 0. The second-order valence-corrected chi connectivity index (χ2v) is 6.18. The Bertz CT molecular complexity index is 656. The number of nitrogens with one attached hydrogen (secondary N) is 1. The molecule has 3 rings (SSSR count). The first-order valence-electron chi connectivity index (χ1n) is 7.56. The van der Waals surface area contributed by atoms with Crippen LogP contribution >= 0.6 is 0 Å². The average Bonchev–Trinajstić information content (AvgIpc) is 3.17. The molecule has 0 radical (unpaired) electrons. The number of aryl methyl sites for hydroxylation is 1. The molecule has 1 aliphatic rings. The van der Waals surface area contributed by atoms with Gasteiger partial charge in [-0.15, -0.1) is 0 Å². The molecule has 0 saturated heterocycles. The molecule has 0 spiro atoms. The molecule has 1 heterocycles. The van der Waals surface area contributed by atoms with Crippen LogP contribution in [0.4, 0.5) is 0 Å². The van der Waals surface area contributed by atoms with Crippen molar-refractivity contribution in [3.63, 3.8) is 0 Å². The number of carbonyl (C=O) groups is 1. The summed E-state index contributed by atoms with van der Waals surface area (Å²) in [6.45, 7) is 3.28. The molecule has 112 valence electrons. The number of amides is 1. The molecule has 4 nitrogen and oxygen atoms in total. The van der Waals surface area contributed by atoms with E-state index in [0.717, 1.165) is 30.5 Å². The van der Waals surface area contributed by atoms with Crippen LogP contribution in [0.3, 0.4) is 0 Å². The number of aliphatic hydroxyl groups excluding tert-OH is 1. The number of carbonyl (C=O) groups excluding carboxylic acids is 1. The fourth-order valence-corrected chi connectivity index (χ4v) is 2.97. The minimum Gasteiger partial charge on any atom is -0.396 e. The SMILES string of the molecule is Cc1cc2ccccc2n1CC(=O)NCC1(CCO)CC1. The number of hydrogen-bond acceptors (Lipinski definition) is 2. The number of fused-ring (bicyclic) bond motifs is 1. The van der Waals surface area contributed by atoms with Gasteiger partial charge in [0.25, 0.3) is 0 Å². The van der Waals surface area contributed by atoms with Crippen LogP contribution < -0.4 is 5.32 Å². The predicted octanol–water partition coefficient (Wildman–Crippen LogP) is 2.23. The van der Waals surface area contributed by atoms with Crippen LogP contribution in [0.25, 0.3) is 10.9 Å². The van der Waals surface area contributed by atoms with Gasteiger partial charge >= 0.3 is 0 Å².